The third-order valence-electron chi connectivity index (χ3n) is 5.24. The van der Waals surface area contributed by atoms with E-state index in [9.17, 15) is 4.79 Å². The van der Waals surface area contributed by atoms with Crippen LogP contribution in [0.2, 0.25) is 0 Å². The monoisotopic (exact) mass is 381 g/mol. The van der Waals surface area contributed by atoms with Gasteiger partial charge in [0.05, 0.1) is 13.0 Å². The lowest BCUT2D eigenvalue weighted by molar-refractivity contribution is -0.121. The molecule has 28 heavy (non-hydrogen) atoms. The molecule has 1 heterocycles. The molecular weight excluding hydrogens is 350 g/mol. The Balaban J connectivity index is 1.43. The molecule has 5 nitrogen and oxygen atoms in total. The summed E-state index contributed by atoms with van der Waals surface area (Å²) >= 11 is 0. The van der Waals surface area contributed by atoms with E-state index in [1.165, 1.54) is 11.1 Å². The molecule has 0 unspecified atom stereocenters. The molecular formula is C23H31N3O2. The lowest BCUT2D eigenvalue weighted by Gasteiger charge is -2.34. The molecule has 150 valence electrons. The van der Waals surface area contributed by atoms with Gasteiger partial charge in [0.15, 0.2) is 0 Å². The van der Waals surface area contributed by atoms with Crippen LogP contribution in [0.5, 0.6) is 5.75 Å². The third-order valence-corrected chi connectivity index (χ3v) is 5.24. The summed E-state index contributed by atoms with van der Waals surface area (Å²) in [6.07, 6.45) is 0.357. The van der Waals surface area contributed by atoms with Crippen molar-refractivity contribution in [3.8, 4) is 5.75 Å². The van der Waals surface area contributed by atoms with Crippen LogP contribution in [0.3, 0.4) is 0 Å². The number of hydrogen-bond acceptors (Lipinski definition) is 4. The zero-order valence-electron chi connectivity index (χ0n) is 16.8. The van der Waals surface area contributed by atoms with Gasteiger partial charge in [0.25, 0.3) is 0 Å². The molecule has 0 radical (unpaired) electrons. The van der Waals surface area contributed by atoms with Crippen molar-refractivity contribution < 1.29 is 9.53 Å². The Kier molecular flexibility index (Phi) is 7.88. The minimum absolute atomic E-state index is 0.0160. The first-order chi connectivity index (χ1) is 13.7. The fourth-order valence-corrected chi connectivity index (χ4v) is 3.45. The van der Waals surface area contributed by atoms with E-state index in [4.69, 9.17) is 4.74 Å². The van der Waals surface area contributed by atoms with Gasteiger partial charge in [-0.15, -0.1) is 0 Å². The van der Waals surface area contributed by atoms with Crippen molar-refractivity contribution >= 4 is 5.91 Å². The van der Waals surface area contributed by atoms with E-state index in [2.05, 4.69) is 40.2 Å². The lowest BCUT2D eigenvalue weighted by Crippen LogP contribution is -2.45. The molecule has 2 aromatic carbocycles. The molecule has 1 fully saturated rings. The minimum atomic E-state index is 0.0160. The molecule has 3 rings (SSSR count). The maximum Gasteiger partial charge on any atom is 0.223 e. The summed E-state index contributed by atoms with van der Waals surface area (Å²) in [5, 5.41) is 3.03. The molecule has 1 amide bonds. The summed E-state index contributed by atoms with van der Waals surface area (Å²) in [5.41, 5.74) is 2.49. The number of amides is 1. The van der Waals surface area contributed by atoms with Crippen LogP contribution in [0, 0.1) is 0 Å². The number of rotatable bonds is 9. The number of para-hydroxylation sites is 1. The number of ether oxygens (including phenoxy) is 1. The van der Waals surface area contributed by atoms with Crippen molar-refractivity contribution in [1.29, 1.82) is 0 Å². The number of piperazine rings is 1. The maximum absolute atomic E-state index is 12.2. The second-order valence-electron chi connectivity index (χ2n) is 7.17. The van der Waals surface area contributed by atoms with Crippen molar-refractivity contribution in [1.82, 2.24) is 15.1 Å². The van der Waals surface area contributed by atoms with Crippen LogP contribution in [0.1, 0.15) is 24.5 Å². The van der Waals surface area contributed by atoms with Gasteiger partial charge < -0.3 is 15.0 Å². The lowest BCUT2D eigenvalue weighted by atomic mass is 10.1. The number of likely N-dealkylation sites (N-methyl/N-ethyl adjacent to an activating group) is 1. The summed E-state index contributed by atoms with van der Waals surface area (Å²) in [6.45, 7) is 9.72. The van der Waals surface area contributed by atoms with E-state index in [1.807, 2.05) is 36.4 Å². The molecule has 0 aliphatic carbocycles. The zero-order valence-corrected chi connectivity index (χ0v) is 16.8. The highest BCUT2D eigenvalue weighted by Gasteiger charge is 2.16. The standard InChI is InChI=1S/C23H31N3O2/c1-2-25-13-15-26(16-14-25)19-21-9-7-6-8-20(21)18-24-23(27)12-17-28-22-10-4-3-5-11-22/h3-11H,2,12-19H2,1H3,(H,24,27). The Morgan fingerprint density at radius 3 is 2.29 bits per heavy atom. The van der Waals surface area contributed by atoms with E-state index in [1.54, 1.807) is 0 Å². The topological polar surface area (TPSA) is 44.8 Å². The summed E-state index contributed by atoms with van der Waals surface area (Å²) < 4.78 is 5.60. The molecule has 0 saturated carbocycles. The minimum Gasteiger partial charge on any atom is -0.493 e. The number of carbonyl (C=O) groups is 1. The van der Waals surface area contributed by atoms with Crippen molar-refractivity contribution in [2.24, 2.45) is 0 Å². The largest absolute Gasteiger partial charge is 0.493 e. The molecule has 1 N–H and O–H groups in total. The first-order valence-corrected chi connectivity index (χ1v) is 10.2. The fourth-order valence-electron chi connectivity index (χ4n) is 3.45. The quantitative estimate of drug-likeness (QED) is 0.725. The maximum atomic E-state index is 12.2. The molecule has 5 heteroatoms. The van der Waals surface area contributed by atoms with Crippen LogP contribution in [-0.4, -0.2) is 55.0 Å². The summed E-state index contributed by atoms with van der Waals surface area (Å²) in [7, 11) is 0. The average Bonchev–Trinajstić information content (AvgIpc) is 2.74. The van der Waals surface area contributed by atoms with Gasteiger partial charge in [0, 0.05) is 39.3 Å². The molecule has 1 saturated heterocycles. The van der Waals surface area contributed by atoms with Gasteiger partial charge in [-0.25, -0.2) is 0 Å². The van der Waals surface area contributed by atoms with Gasteiger partial charge in [-0.3, -0.25) is 9.69 Å². The van der Waals surface area contributed by atoms with Gasteiger partial charge in [-0.2, -0.15) is 0 Å². The van der Waals surface area contributed by atoms with Gasteiger partial charge >= 0.3 is 0 Å². The summed E-state index contributed by atoms with van der Waals surface area (Å²) in [5.74, 6) is 0.811. The Hall–Kier alpha value is -2.37. The smallest absolute Gasteiger partial charge is 0.223 e. The molecule has 0 bridgehead atoms. The fraction of sp³-hybridized carbons (Fsp3) is 0.435. The molecule has 2 aromatic rings. The molecule has 1 aliphatic rings. The van der Waals surface area contributed by atoms with E-state index in [0.29, 0.717) is 19.6 Å². The van der Waals surface area contributed by atoms with Gasteiger partial charge in [-0.1, -0.05) is 49.4 Å². The predicted octanol–water partition coefficient (Wildman–Crippen LogP) is 2.91. The normalized spacial score (nSPS) is 15.3. The second-order valence-corrected chi connectivity index (χ2v) is 7.17. The van der Waals surface area contributed by atoms with Crippen LogP contribution < -0.4 is 10.1 Å². The van der Waals surface area contributed by atoms with Crippen molar-refractivity contribution in [2.75, 3.05) is 39.3 Å². The molecule has 0 aromatic heterocycles. The molecule has 0 atom stereocenters. The highest BCUT2D eigenvalue weighted by Crippen LogP contribution is 2.14. The van der Waals surface area contributed by atoms with Crippen LogP contribution in [-0.2, 0) is 17.9 Å². The number of nitrogens with zero attached hydrogens (tertiary/aromatic N) is 2. The first kappa shape index (κ1) is 20.4. The molecule has 1 aliphatic heterocycles. The third kappa shape index (κ3) is 6.36. The van der Waals surface area contributed by atoms with Crippen LogP contribution in [0.25, 0.3) is 0 Å². The average molecular weight is 382 g/mol. The van der Waals surface area contributed by atoms with Crippen molar-refractivity contribution in [3.05, 3.63) is 65.7 Å². The van der Waals surface area contributed by atoms with Crippen LogP contribution in [0.15, 0.2) is 54.6 Å². The first-order valence-electron chi connectivity index (χ1n) is 10.2. The zero-order chi connectivity index (χ0) is 19.6. The predicted molar refractivity (Wildman–Crippen MR) is 112 cm³/mol. The van der Waals surface area contributed by atoms with E-state index >= 15 is 0 Å². The van der Waals surface area contributed by atoms with Gasteiger partial charge in [0.2, 0.25) is 5.91 Å². The number of hydrogen-bond donors (Lipinski definition) is 1. The second kappa shape index (κ2) is 10.8. The van der Waals surface area contributed by atoms with Gasteiger partial charge in [0.1, 0.15) is 5.75 Å². The van der Waals surface area contributed by atoms with E-state index < -0.39 is 0 Å². The van der Waals surface area contributed by atoms with Crippen molar-refractivity contribution in [2.45, 2.75) is 26.4 Å². The highest BCUT2D eigenvalue weighted by molar-refractivity contribution is 5.76. The highest BCUT2D eigenvalue weighted by atomic mass is 16.5. The number of carbonyl (C=O) groups excluding carboxylic acids is 1. The summed E-state index contributed by atoms with van der Waals surface area (Å²) in [6, 6.07) is 18.0. The Morgan fingerprint density at radius 1 is 0.929 bits per heavy atom. The van der Waals surface area contributed by atoms with Gasteiger partial charge in [-0.05, 0) is 29.8 Å². The van der Waals surface area contributed by atoms with Crippen LogP contribution >= 0.6 is 0 Å². The Bertz CT molecular complexity index is 728. The SMILES string of the molecule is CCN1CCN(Cc2ccccc2CNC(=O)CCOc2ccccc2)CC1. The van der Waals surface area contributed by atoms with E-state index in [0.717, 1.165) is 45.0 Å². The number of nitrogens with one attached hydrogen (secondary N) is 1. The Morgan fingerprint density at radius 2 is 1.57 bits per heavy atom. The number of benzene rings is 2. The summed E-state index contributed by atoms with van der Waals surface area (Å²) in [4.78, 5) is 17.2. The van der Waals surface area contributed by atoms with E-state index in [-0.39, 0.29) is 5.91 Å². The van der Waals surface area contributed by atoms with Crippen LogP contribution in [0.4, 0.5) is 0 Å². The molecule has 0 spiro atoms. The van der Waals surface area contributed by atoms with Crippen molar-refractivity contribution in [3.63, 3.8) is 0 Å². The Labute approximate surface area is 168 Å².